The van der Waals surface area contributed by atoms with Crippen molar-refractivity contribution in [3.63, 3.8) is 0 Å². The third-order valence-electron chi connectivity index (χ3n) is 6.03. The molecule has 6 aromatic rings. The molecule has 2 amide bonds. The Morgan fingerprint density at radius 1 is 0.614 bits per heavy atom. The van der Waals surface area contributed by atoms with Gasteiger partial charge in [-0.2, -0.15) is 0 Å². The van der Waals surface area contributed by atoms with Crippen LogP contribution in [0, 0.1) is 0 Å². The number of nitrogens with one attached hydrogen (secondary N) is 4. The van der Waals surface area contributed by atoms with E-state index in [1.54, 1.807) is 33.7 Å². The van der Waals surface area contributed by atoms with Crippen LogP contribution in [-0.2, 0) is 9.59 Å². The van der Waals surface area contributed by atoms with Crippen molar-refractivity contribution in [2.24, 2.45) is 0 Å². The number of H-pyrrole nitrogens is 2. The van der Waals surface area contributed by atoms with E-state index in [2.05, 4.69) is 30.6 Å². The first-order valence-corrected chi connectivity index (χ1v) is 17.9. The lowest BCUT2D eigenvalue weighted by Crippen LogP contribution is -2.14. The summed E-state index contributed by atoms with van der Waals surface area (Å²) >= 11 is 14.7. The Kier molecular flexibility index (Phi) is 9.95. The minimum atomic E-state index is -0.117. The van der Waals surface area contributed by atoms with E-state index in [9.17, 15) is 9.59 Å². The van der Waals surface area contributed by atoms with Crippen LogP contribution in [0.2, 0.25) is 10.0 Å². The van der Waals surface area contributed by atoms with Gasteiger partial charge in [-0.05, 0) is 84.9 Å². The van der Waals surface area contributed by atoms with Crippen LogP contribution in [0.15, 0.2) is 105 Å². The monoisotopic (exact) mass is 696 g/mol. The van der Waals surface area contributed by atoms with Crippen molar-refractivity contribution in [1.82, 2.24) is 19.9 Å². The Morgan fingerprint density at radius 3 is 1.43 bits per heavy atom. The molecule has 0 bridgehead atoms. The highest BCUT2D eigenvalue weighted by Crippen LogP contribution is 2.38. The van der Waals surface area contributed by atoms with E-state index in [1.165, 1.54) is 23.5 Å². The topological polar surface area (TPSA) is 116 Å². The maximum atomic E-state index is 12.5. The molecule has 0 fully saturated rings. The molecule has 0 atom stereocenters. The number of fused-ring (bicyclic) bond motifs is 2. The van der Waals surface area contributed by atoms with E-state index in [0.29, 0.717) is 20.4 Å². The van der Waals surface area contributed by atoms with Crippen LogP contribution in [-0.4, -0.2) is 43.3 Å². The number of carbonyl (C=O) groups excluding carboxylic acids is 2. The van der Waals surface area contributed by atoms with Gasteiger partial charge in [0.2, 0.25) is 11.8 Å². The first kappa shape index (κ1) is 30.8. The molecule has 4 aromatic carbocycles. The summed E-state index contributed by atoms with van der Waals surface area (Å²) in [7, 11) is 3.22. The molecule has 0 aliphatic carbocycles. The van der Waals surface area contributed by atoms with Gasteiger partial charge in [0.05, 0.1) is 33.6 Å². The number of rotatable bonds is 11. The van der Waals surface area contributed by atoms with Crippen LogP contribution in [0.1, 0.15) is 0 Å². The average molecular weight is 698 g/mol. The molecule has 0 saturated carbocycles. The van der Waals surface area contributed by atoms with Gasteiger partial charge in [-0.3, -0.25) is 9.59 Å². The summed E-state index contributed by atoms with van der Waals surface area (Å²) in [6, 6.07) is 26.3. The molecule has 14 heteroatoms. The molecule has 0 saturated heterocycles. The fourth-order valence-electron chi connectivity index (χ4n) is 4.00. The Balaban J connectivity index is 0.919. The lowest BCUT2D eigenvalue weighted by molar-refractivity contribution is -0.114. The molecule has 44 heavy (non-hydrogen) atoms. The highest BCUT2D eigenvalue weighted by Gasteiger charge is 2.10. The zero-order chi connectivity index (χ0) is 30.5. The number of anilines is 2. The standard InChI is InChI=1S/C30H22Cl2N6O2S4/c31-17-1-11-23-25(13-17)37-29(35-23)41-15-27(39)33-19-3-7-21(8-4-19)43-44-22-9-5-20(6-10-22)34-28(40)16-42-30-36-24-12-2-18(32)14-26(24)38-30/h1-14H,15-16H2,(H,33,39)(H,34,40)(H,35,37)(H,36,38). The van der Waals surface area contributed by atoms with Gasteiger partial charge in [-0.15, -0.1) is 0 Å². The Labute approximate surface area is 278 Å². The maximum absolute atomic E-state index is 12.5. The smallest absolute Gasteiger partial charge is 0.234 e. The van der Waals surface area contributed by atoms with Crippen LogP contribution in [0.4, 0.5) is 11.4 Å². The van der Waals surface area contributed by atoms with Gasteiger partial charge in [0, 0.05) is 31.2 Å². The second kappa shape index (κ2) is 14.2. The van der Waals surface area contributed by atoms with E-state index >= 15 is 0 Å². The quantitative estimate of drug-likeness (QED) is 0.0784. The second-order valence-corrected chi connectivity index (χ2v) is 14.4. The molecule has 8 nitrogen and oxygen atoms in total. The normalized spacial score (nSPS) is 11.2. The highest BCUT2D eigenvalue weighted by molar-refractivity contribution is 8.76. The van der Waals surface area contributed by atoms with E-state index in [4.69, 9.17) is 23.2 Å². The minimum Gasteiger partial charge on any atom is -0.333 e. The van der Waals surface area contributed by atoms with Crippen molar-refractivity contribution in [3.05, 3.63) is 95.0 Å². The predicted molar refractivity (Wildman–Crippen MR) is 186 cm³/mol. The number of aromatic amines is 2. The maximum Gasteiger partial charge on any atom is 0.234 e. The van der Waals surface area contributed by atoms with Crippen molar-refractivity contribution in [2.75, 3.05) is 22.1 Å². The van der Waals surface area contributed by atoms with E-state index in [0.717, 1.165) is 43.2 Å². The fourth-order valence-corrected chi connectivity index (χ4v) is 7.64. The number of halogens is 2. The lowest BCUT2D eigenvalue weighted by Gasteiger charge is -2.07. The Morgan fingerprint density at radius 2 is 1.02 bits per heavy atom. The zero-order valence-electron chi connectivity index (χ0n) is 22.6. The lowest BCUT2D eigenvalue weighted by atomic mass is 10.3. The predicted octanol–water partition coefficient (Wildman–Crippen LogP) is 9.01. The van der Waals surface area contributed by atoms with E-state index < -0.39 is 0 Å². The second-order valence-electron chi connectivity index (χ2n) is 9.30. The first-order chi connectivity index (χ1) is 21.4. The third kappa shape index (κ3) is 8.26. The average Bonchev–Trinajstić information content (AvgIpc) is 3.62. The number of imidazole rings is 2. The first-order valence-electron chi connectivity index (χ1n) is 13.1. The molecule has 0 aliphatic heterocycles. The van der Waals surface area contributed by atoms with Crippen LogP contribution in [0.25, 0.3) is 22.1 Å². The van der Waals surface area contributed by atoms with Crippen LogP contribution in [0.5, 0.6) is 0 Å². The molecule has 2 heterocycles. The number of hydrogen-bond donors (Lipinski definition) is 4. The number of amides is 2. The van der Waals surface area contributed by atoms with Crippen LogP contribution >= 0.6 is 68.3 Å². The molecular formula is C30H22Cl2N6O2S4. The summed E-state index contributed by atoms with van der Waals surface area (Å²) in [4.78, 5) is 42.3. The van der Waals surface area contributed by atoms with Gasteiger partial charge < -0.3 is 20.6 Å². The summed E-state index contributed by atoms with van der Waals surface area (Å²) in [6.45, 7) is 0. The van der Waals surface area contributed by atoms with Crippen molar-refractivity contribution < 1.29 is 9.59 Å². The highest BCUT2D eigenvalue weighted by atomic mass is 35.5. The number of thioether (sulfide) groups is 2. The summed E-state index contributed by atoms with van der Waals surface area (Å²) in [5.74, 6) is 0.223. The largest absolute Gasteiger partial charge is 0.333 e. The van der Waals surface area contributed by atoms with E-state index in [-0.39, 0.29) is 23.3 Å². The fraction of sp³-hybridized carbons (Fsp3) is 0.0667. The molecule has 222 valence electrons. The molecule has 0 aliphatic rings. The van der Waals surface area contributed by atoms with Crippen molar-refractivity contribution in [1.29, 1.82) is 0 Å². The van der Waals surface area contributed by atoms with Crippen molar-refractivity contribution in [2.45, 2.75) is 20.1 Å². The summed E-state index contributed by atoms with van der Waals surface area (Å²) in [5.41, 5.74) is 4.75. The minimum absolute atomic E-state index is 0.117. The molecule has 0 unspecified atom stereocenters. The molecule has 2 aromatic heterocycles. The Hall–Kier alpha value is -3.26. The van der Waals surface area contributed by atoms with Crippen LogP contribution in [0.3, 0.4) is 0 Å². The molecule has 4 N–H and O–H groups in total. The van der Waals surface area contributed by atoms with E-state index in [1.807, 2.05) is 72.8 Å². The van der Waals surface area contributed by atoms with Gasteiger partial charge in [0.1, 0.15) is 0 Å². The molecule has 0 radical (unpaired) electrons. The van der Waals surface area contributed by atoms with Crippen LogP contribution < -0.4 is 10.6 Å². The summed E-state index contributed by atoms with van der Waals surface area (Å²) in [5, 5.41) is 8.44. The number of carbonyl (C=O) groups is 2. The van der Waals surface area contributed by atoms with Gasteiger partial charge in [-0.1, -0.05) is 68.3 Å². The summed E-state index contributed by atoms with van der Waals surface area (Å²) in [6.07, 6.45) is 0. The van der Waals surface area contributed by atoms with Gasteiger partial charge in [0.15, 0.2) is 10.3 Å². The number of hydrogen-bond acceptors (Lipinski definition) is 8. The third-order valence-corrected chi connectivity index (χ3v) is 10.7. The number of aromatic nitrogens is 4. The van der Waals surface area contributed by atoms with Gasteiger partial charge in [-0.25, -0.2) is 9.97 Å². The summed E-state index contributed by atoms with van der Waals surface area (Å²) < 4.78 is 0. The molecule has 6 rings (SSSR count). The van der Waals surface area contributed by atoms with Crippen molar-refractivity contribution in [3.8, 4) is 0 Å². The SMILES string of the molecule is O=C(CSc1nc2ccc(Cl)cc2[nH]1)Nc1ccc(SSc2ccc(NC(=O)CSc3nc4ccc(Cl)cc4[nH]3)cc2)cc1. The van der Waals surface area contributed by atoms with Crippen molar-refractivity contribution >= 4 is 114 Å². The number of benzene rings is 4. The van der Waals surface area contributed by atoms with Gasteiger partial charge >= 0.3 is 0 Å². The zero-order valence-corrected chi connectivity index (χ0v) is 27.4. The number of nitrogens with zero attached hydrogens (tertiary/aromatic N) is 2. The van der Waals surface area contributed by atoms with Gasteiger partial charge in [0.25, 0.3) is 0 Å². The Bertz CT molecular complexity index is 1810. The molecular weight excluding hydrogens is 676 g/mol. The molecule has 0 spiro atoms.